The lowest BCUT2D eigenvalue weighted by atomic mass is 10.2. The second kappa shape index (κ2) is 7.50. The fourth-order valence-corrected chi connectivity index (χ4v) is 3.18. The number of hydrogen-bond acceptors (Lipinski definition) is 6. The third-order valence-corrected chi connectivity index (χ3v) is 4.32. The van der Waals surface area contributed by atoms with Crippen LogP contribution in [-0.2, 0) is 4.74 Å². The van der Waals surface area contributed by atoms with Gasteiger partial charge in [0.25, 0.3) is 5.91 Å². The predicted octanol–water partition coefficient (Wildman–Crippen LogP) is 4.74. The number of halogens is 1. The minimum atomic E-state index is -0.784. The number of anilines is 1. The van der Waals surface area contributed by atoms with Crippen molar-refractivity contribution >= 4 is 50.3 Å². The molecule has 0 aliphatic heterocycles. The van der Waals surface area contributed by atoms with E-state index in [4.69, 9.17) is 16.3 Å². The average Bonchev–Trinajstić information content (AvgIpc) is 2.97. The van der Waals surface area contributed by atoms with Gasteiger partial charge in [-0.15, -0.1) is 0 Å². The van der Waals surface area contributed by atoms with E-state index in [1.54, 1.807) is 37.3 Å². The molecular formula is C17H13ClN2O4S. The van der Waals surface area contributed by atoms with E-state index in [1.807, 2.05) is 0 Å². The molecule has 0 spiro atoms. The molecule has 0 unspecified atom stereocenters. The zero-order chi connectivity index (χ0) is 17.8. The van der Waals surface area contributed by atoms with E-state index in [9.17, 15) is 9.59 Å². The van der Waals surface area contributed by atoms with Crippen molar-refractivity contribution in [3.05, 3.63) is 53.1 Å². The molecule has 3 aromatic rings. The summed E-state index contributed by atoms with van der Waals surface area (Å²) < 4.78 is 10.5. The maximum atomic E-state index is 12.3. The summed E-state index contributed by atoms with van der Waals surface area (Å²) in [5, 5.41) is 3.84. The van der Waals surface area contributed by atoms with Crippen LogP contribution in [-0.4, -0.2) is 23.7 Å². The van der Waals surface area contributed by atoms with Crippen LogP contribution in [0, 0.1) is 0 Å². The SMILES string of the molecule is CCOC(=O)Oc1ccc(C(=O)Nc2nc3ccc(Cl)cc3s2)cc1. The van der Waals surface area contributed by atoms with Gasteiger partial charge in [0.2, 0.25) is 0 Å². The first kappa shape index (κ1) is 17.2. The number of fused-ring (bicyclic) bond motifs is 1. The van der Waals surface area contributed by atoms with Gasteiger partial charge >= 0.3 is 6.16 Å². The van der Waals surface area contributed by atoms with Crippen molar-refractivity contribution in [2.45, 2.75) is 6.92 Å². The molecule has 0 fully saturated rings. The molecule has 2 aromatic carbocycles. The maximum absolute atomic E-state index is 12.3. The van der Waals surface area contributed by atoms with E-state index in [0.29, 0.717) is 21.5 Å². The Bertz CT molecular complexity index is 924. The molecule has 8 heteroatoms. The highest BCUT2D eigenvalue weighted by atomic mass is 35.5. The lowest BCUT2D eigenvalue weighted by molar-refractivity contribution is 0.102. The molecule has 128 valence electrons. The summed E-state index contributed by atoms with van der Waals surface area (Å²) in [7, 11) is 0. The first-order valence-electron chi connectivity index (χ1n) is 7.37. The molecule has 0 bridgehead atoms. The fourth-order valence-electron chi connectivity index (χ4n) is 2.04. The number of aromatic nitrogens is 1. The summed E-state index contributed by atoms with van der Waals surface area (Å²) in [5.41, 5.74) is 1.18. The zero-order valence-corrected chi connectivity index (χ0v) is 14.7. The Morgan fingerprint density at radius 3 is 2.68 bits per heavy atom. The van der Waals surface area contributed by atoms with Gasteiger partial charge in [0.1, 0.15) is 5.75 Å². The summed E-state index contributed by atoms with van der Waals surface area (Å²) in [6.07, 6.45) is -0.784. The van der Waals surface area contributed by atoms with Crippen LogP contribution in [0.15, 0.2) is 42.5 Å². The largest absolute Gasteiger partial charge is 0.513 e. The number of nitrogens with zero attached hydrogens (tertiary/aromatic N) is 1. The van der Waals surface area contributed by atoms with Gasteiger partial charge in [-0.2, -0.15) is 0 Å². The topological polar surface area (TPSA) is 77.5 Å². The molecule has 3 rings (SSSR count). The Morgan fingerprint density at radius 1 is 1.20 bits per heavy atom. The van der Waals surface area contributed by atoms with Crippen molar-refractivity contribution in [3.8, 4) is 5.75 Å². The number of ether oxygens (including phenoxy) is 2. The van der Waals surface area contributed by atoms with Crippen molar-refractivity contribution in [3.63, 3.8) is 0 Å². The number of thiazole rings is 1. The van der Waals surface area contributed by atoms with Crippen molar-refractivity contribution in [2.75, 3.05) is 11.9 Å². The van der Waals surface area contributed by atoms with Crippen LogP contribution >= 0.6 is 22.9 Å². The Kier molecular flexibility index (Phi) is 5.16. The van der Waals surface area contributed by atoms with Crippen molar-refractivity contribution < 1.29 is 19.1 Å². The lowest BCUT2D eigenvalue weighted by Gasteiger charge is -2.05. The zero-order valence-electron chi connectivity index (χ0n) is 13.1. The Hall–Kier alpha value is -2.64. The van der Waals surface area contributed by atoms with Gasteiger partial charge in [-0.3, -0.25) is 10.1 Å². The van der Waals surface area contributed by atoms with E-state index in [2.05, 4.69) is 15.0 Å². The molecule has 6 nitrogen and oxygen atoms in total. The number of benzene rings is 2. The molecule has 1 aromatic heterocycles. The Morgan fingerprint density at radius 2 is 1.96 bits per heavy atom. The van der Waals surface area contributed by atoms with Gasteiger partial charge in [0.15, 0.2) is 5.13 Å². The monoisotopic (exact) mass is 376 g/mol. The number of amides is 1. The molecule has 0 atom stereocenters. The van der Waals surface area contributed by atoms with Crippen LogP contribution in [0.1, 0.15) is 17.3 Å². The Balaban J connectivity index is 1.68. The summed E-state index contributed by atoms with van der Waals surface area (Å²) in [6.45, 7) is 1.91. The van der Waals surface area contributed by atoms with Gasteiger partial charge in [0.05, 0.1) is 16.8 Å². The van der Waals surface area contributed by atoms with Gasteiger partial charge in [-0.05, 0) is 49.4 Å². The quantitative estimate of drug-likeness (QED) is 0.525. The standard InChI is InChI=1S/C17H13ClN2O4S/c1-2-23-17(22)24-12-6-3-10(4-7-12)15(21)20-16-19-13-8-5-11(18)9-14(13)25-16/h3-9H,2H2,1H3,(H,19,20,21). The van der Waals surface area contributed by atoms with Gasteiger partial charge in [-0.25, -0.2) is 9.78 Å². The highest BCUT2D eigenvalue weighted by Crippen LogP contribution is 2.28. The van der Waals surface area contributed by atoms with E-state index in [1.165, 1.54) is 23.5 Å². The molecule has 0 aliphatic carbocycles. The molecule has 0 aliphatic rings. The van der Waals surface area contributed by atoms with Crippen LogP contribution < -0.4 is 10.1 Å². The number of rotatable bonds is 4. The van der Waals surface area contributed by atoms with Crippen molar-refractivity contribution in [2.24, 2.45) is 0 Å². The molecule has 1 N–H and O–H groups in total. The van der Waals surface area contributed by atoms with E-state index < -0.39 is 6.16 Å². The third-order valence-electron chi connectivity index (χ3n) is 3.15. The van der Waals surface area contributed by atoms with E-state index in [0.717, 1.165) is 10.2 Å². The number of nitrogens with one attached hydrogen (secondary N) is 1. The summed E-state index contributed by atoms with van der Waals surface area (Å²) in [4.78, 5) is 27.9. The third kappa shape index (κ3) is 4.26. The number of carbonyl (C=O) groups is 2. The van der Waals surface area contributed by atoms with E-state index in [-0.39, 0.29) is 12.5 Å². The van der Waals surface area contributed by atoms with E-state index >= 15 is 0 Å². The predicted molar refractivity (Wildman–Crippen MR) is 96.7 cm³/mol. The number of hydrogen-bond donors (Lipinski definition) is 1. The van der Waals surface area contributed by atoms with Gasteiger partial charge < -0.3 is 9.47 Å². The van der Waals surface area contributed by atoms with Gasteiger partial charge in [0, 0.05) is 10.6 Å². The molecule has 1 amide bonds. The minimum Gasteiger partial charge on any atom is -0.434 e. The van der Waals surface area contributed by atoms with Crippen molar-refractivity contribution in [1.29, 1.82) is 0 Å². The highest BCUT2D eigenvalue weighted by Gasteiger charge is 2.11. The van der Waals surface area contributed by atoms with Gasteiger partial charge in [-0.1, -0.05) is 22.9 Å². The average molecular weight is 377 g/mol. The maximum Gasteiger partial charge on any atom is 0.513 e. The van der Waals surface area contributed by atoms with Crippen LogP contribution in [0.2, 0.25) is 5.02 Å². The number of carbonyl (C=O) groups excluding carboxylic acids is 2. The fraction of sp³-hybridized carbons (Fsp3) is 0.118. The molecule has 0 saturated carbocycles. The molecule has 25 heavy (non-hydrogen) atoms. The minimum absolute atomic E-state index is 0.229. The Labute approximate surface area is 152 Å². The normalized spacial score (nSPS) is 10.5. The lowest BCUT2D eigenvalue weighted by Crippen LogP contribution is -2.12. The molecule has 0 saturated heterocycles. The first-order valence-corrected chi connectivity index (χ1v) is 8.56. The first-order chi connectivity index (χ1) is 12.0. The van der Waals surface area contributed by atoms with Crippen LogP contribution in [0.3, 0.4) is 0 Å². The summed E-state index contributed by atoms with van der Waals surface area (Å²) >= 11 is 7.28. The molecule has 1 heterocycles. The molecular weight excluding hydrogens is 364 g/mol. The van der Waals surface area contributed by atoms with Crippen LogP contribution in [0.4, 0.5) is 9.93 Å². The molecule has 0 radical (unpaired) electrons. The smallest absolute Gasteiger partial charge is 0.434 e. The second-order valence-corrected chi connectivity index (χ2v) is 6.36. The van der Waals surface area contributed by atoms with Crippen LogP contribution in [0.5, 0.6) is 5.75 Å². The second-order valence-electron chi connectivity index (χ2n) is 4.89. The summed E-state index contributed by atoms with van der Waals surface area (Å²) in [6, 6.07) is 11.5. The van der Waals surface area contributed by atoms with Crippen molar-refractivity contribution in [1.82, 2.24) is 4.98 Å². The summed E-state index contributed by atoms with van der Waals surface area (Å²) in [5.74, 6) is -0.0162. The van der Waals surface area contributed by atoms with Crippen LogP contribution in [0.25, 0.3) is 10.2 Å². The highest BCUT2D eigenvalue weighted by molar-refractivity contribution is 7.22.